The minimum Gasteiger partial charge on any atom is -0.351 e. The number of thiazole rings is 1. The third-order valence-electron chi connectivity index (χ3n) is 5.74. The molecule has 2 N–H and O–H groups in total. The molecule has 0 saturated carbocycles. The Morgan fingerprint density at radius 3 is 2.56 bits per heavy atom. The van der Waals surface area contributed by atoms with Crippen LogP contribution in [0.4, 0.5) is 4.79 Å². The monoisotopic (exact) mass is 378 g/mol. The van der Waals surface area contributed by atoms with E-state index in [1.54, 1.807) is 11.3 Å². The van der Waals surface area contributed by atoms with Gasteiger partial charge >= 0.3 is 6.03 Å². The SMILES string of the molecule is NC(=O)N1CC2CC1CN2Cc1ccc(Cc2nc3ccccc3s2)cc1. The summed E-state index contributed by atoms with van der Waals surface area (Å²) >= 11 is 1.77. The van der Waals surface area contributed by atoms with E-state index >= 15 is 0 Å². The van der Waals surface area contributed by atoms with Crippen molar-refractivity contribution in [3.8, 4) is 0 Å². The maximum Gasteiger partial charge on any atom is 0.315 e. The number of likely N-dealkylation sites (tertiary alicyclic amines) is 2. The molecule has 0 radical (unpaired) electrons. The van der Waals surface area contributed by atoms with Crippen LogP contribution in [-0.4, -0.2) is 46.0 Å². The van der Waals surface area contributed by atoms with Gasteiger partial charge in [-0.05, 0) is 29.7 Å². The highest BCUT2D eigenvalue weighted by Gasteiger charge is 2.44. The first-order valence-corrected chi connectivity index (χ1v) is 10.2. The number of para-hydroxylation sites is 1. The van der Waals surface area contributed by atoms with Crippen LogP contribution in [0.5, 0.6) is 0 Å². The summed E-state index contributed by atoms with van der Waals surface area (Å²) in [6.45, 7) is 2.64. The average molecular weight is 379 g/mol. The minimum absolute atomic E-state index is 0.277. The third-order valence-corrected chi connectivity index (χ3v) is 6.78. The predicted molar refractivity (Wildman–Crippen MR) is 108 cm³/mol. The van der Waals surface area contributed by atoms with Crippen molar-refractivity contribution in [1.29, 1.82) is 0 Å². The van der Waals surface area contributed by atoms with Gasteiger partial charge < -0.3 is 10.6 Å². The first-order chi connectivity index (χ1) is 13.2. The number of nitrogens with two attached hydrogens (primary N) is 1. The summed E-state index contributed by atoms with van der Waals surface area (Å²) in [7, 11) is 0. The van der Waals surface area contributed by atoms with Crippen molar-refractivity contribution in [3.05, 3.63) is 64.7 Å². The van der Waals surface area contributed by atoms with E-state index in [2.05, 4.69) is 47.4 Å². The molecule has 2 unspecified atom stereocenters. The lowest BCUT2D eigenvalue weighted by Gasteiger charge is -2.33. The van der Waals surface area contributed by atoms with E-state index in [0.717, 1.165) is 43.0 Å². The Morgan fingerprint density at radius 2 is 1.85 bits per heavy atom. The molecule has 2 amide bonds. The van der Waals surface area contributed by atoms with Gasteiger partial charge in [0, 0.05) is 38.1 Å². The topological polar surface area (TPSA) is 62.5 Å². The molecule has 3 aromatic rings. The Balaban J connectivity index is 1.23. The fourth-order valence-electron chi connectivity index (χ4n) is 4.38. The van der Waals surface area contributed by atoms with Crippen molar-refractivity contribution in [2.45, 2.75) is 31.5 Å². The van der Waals surface area contributed by atoms with Crippen LogP contribution in [0.25, 0.3) is 10.2 Å². The molecule has 2 bridgehead atoms. The van der Waals surface area contributed by atoms with Crippen molar-refractivity contribution < 1.29 is 4.79 Å². The molecule has 2 fully saturated rings. The summed E-state index contributed by atoms with van der Waals surface area (Å²) in [4.78, 5) is 20.5. The molecule has 3 heterocycles. The van der Waals surface area contributed by atoms with Gasteiger partial charge in [-0.2, -0.15) is 0 Å². The predicted octanol–water partition coefficient (Wildman–Crippen LogP) is 3.22. The van der Waals surface area contributed by atoms with Crippen molar-refractivity contribution in [2.24, 2.45) is 5.73 Å². The second-order valence-electron chi connectivity index (χ2n) is 7.53. The van der Waals surface area contributed by atoms with E-state index in [4.69, 9.17) is 10.7 Å². The first kappa shape index (κ1) is 16.7. The van der Waals surface area contributed by atoms with Crippen molar-refractivity contribution in [3.63, 3.8) is 0 Å². The summed E-state index contributed by atoms with van der Waals surface area (Å²) < 4.78 is 1.25. The van der Waals surface area contributed by atoms with Crippen LogP contribution in [0, 0.1) is 0 Å². The Kier molecular flexibility index (Phi) is 4.10. The van der Waals surface area contributed by atoms with E-state index in [0.29, 0.717) is 12.1 Å². The number of aromatic nitrogens is 1. The number of fused-ring (bicyclic) bond motifs is 3. The molecule has 27 heavy (non-hydrogen) atoms. The molecular formula is C21H22N4OS. The standard InChI is InChI=1S/C21H22N4OS/c22-21(26)25-13-16-10-17(25)12-24(16)11-15-7-5-14(6-8-15)9-20-23-18-3-1-2-4-19(18)27-20/h1-8,16-17H,9-13H2,(H2,22,26). The number of carbonyl (C=O) groups is 1. The van der Waals surface area contributed by atoms with Gasteiger partial charge in [-0.25, -0.2) is 9.78 Å². The smallest absolute Gasteiger partial charge is 0.315 e. The summed E-state index contributed by atoms with van der Waals surface area (Å²) in [5, 5.41) is 1.16. The number of rotatable bonds is 4. The summed E-state index contributed by atoms with van der Waals surface area (Å²) in [5.41, 5.74) is 9.15. The highest BCUT2D eigenvalue weighted by molar-refractivity contribution is 7.18. The lowest BCUT2D eigenvalue weighted by Crippen LogP contribution is -2.50. The van der Waals surface area contributed by atoms with Gasteiger partial charge in [-0.15, -0.1) is 11.3 Å². The van der Waals surface area contributed by atoms with Crippen LogP contribution >= 0.6 is 11.3 Å². The second-order valence-corrected chi connectivity index (χ2v) is 8.65. The number of primary amides is 1. The van der Waals surface area contributed by atoms with Crippen LogP contribution < -0.4 is 5.73 Å². The Labute approximate surface area is 162 Å². The number of hydrogen-bond acceptors (Lipinski definition) is 4. The maximum absolute atomic E-state index is 11.4. The minimum atomic E-state index is -0.277. The van der Waals surface area contributed by atoms with Crippen LogP contribution in [0.2, 0.25) is 0 Å². The van der Waals surface area contributed by atoms with E-state index in [9.17, 15) is 4.79 Å². The Hall–Kier alpha value is -2.44. The molecule has 2 saturated heterocycles. The second kappa shape index (κ2) is 6.62. The maximum atomic E-state index is 11.4. The zero-order valence-corrected chi connectivity index (χ0v) is 15.9. The quantitative estimate of drug-likeness (QED) is 0.758. The van der Waals surface area contributed by atoms with Crippen molar-refractivity contribution in [1.82, 2.24) is 14.8 Å². The lowest BCUT2D eigenvalue weighted by molar-refractivity contribution is 0.137. The molecule has 2 aliphatic heterocycles. The zero-order chi connectivity index (χ0) is 18.4. The molecule has 1 aromatic heterocycles. The van der Waals surface area contributed by atoms with Crippen molar-refractivity contribution in [2.75, 3.05) is 13.1 Å². The van der Waals surface area contributed by atoms with E-state index in [-0.39, 0.29) is 6.03 Å². The van der Waals surface area contributed by atoms with Gasteiger partial charge in [0.25, 0.3) is 0 Å². The molecule has 0 spiro atoms. The molecule has 0 aliphatic carbocycles. The molecule has 2 atom stereocenters. The fraction of sp³-hybridized carbons (Fsp3) is 0.333. The molecule has 6 heteroatoms. The summed E-state index contributed by atoms with van der Waals surface area (Å²) in [5.74, 6) is 0. The number of piperazine rings is 1. The van der Waals surface area contributed by atoms with Gasteiger partial charge in [0.2, 0.25) is 0 Å². The number of nitrogens with zero attached hydrogens (tertiary/aromatic N) is 3. The normalized spacial score (nSPS) is 22.0. The van der Waals surface area contributed by atoms with Gasteiger partial charge in [-0.3, -0.25) is 4.90 Å². The Bertz CT molecular complexity index is 950. The van der Waals surface area contributed by atoms with Crippen LogP contribution in [0.1, 0.15) is 22.6 Å². The van der Waals surface area contributed by atoms with Gasteiger partial charge in [0.15, 0.2) is 0 Å². The number of carbonyl (C=O) groups excluding carboxylic acids is 1. The summed E-state index contributed by atoms with van der Waals surface area (Å²) in [6, 6.07) is 17.6. The van der Waals surface area contributed by atoms with Gasteiger partial charge in [-0.1, -0.05) is 36.4 Å². The number of hydrogen-bond donors (Lipinski definition) is 1. The van der Waals surface area contributed by atoms with Crippen LogP contribution in [0.15, 0.2) is 48.5 Å². The molecular weight excluding hydrogens is 356 g/mol. The van der Waals surface area contributed by atoms with E-state index < -0.39 is 0 Å². The molecule has 5 rings (SSSR count). The average Bonchev–Trinajstić information content (AvgIpc) is 3.36. The van der Waals surface area contributed by atoms with Crippen LogP contribution in [0.3, 0.4) is 0 Å². The van der Waals surface area contributed by atoms with Gasteiger partial charge in [0.05, 0.1) is 15.2 Å². The third kappa shape index (κ3) is 3.19. The largest absolute Gasteiger partial charge is 0.351 e. The number of urea groups is 1. The highest BCUT2D eigenvalue weighted by Crippen LogP contribution is 2.31. The fourth-order valence-corrected chi connectivity index (χ4v) is 5.38. The highest BCUT2D eigenvalue weighted by atomic mass is 32.1. The van der Waals surface area contributed by atoms with Crippen molar-refractivity contribution >= 4 is 27.6 Å². The lowest BCUT2D eigenvalue weighted by atomic mass is 10.1. The number of benzene rings is 2. The van der Waals surface area contributed by atoms with Crippen LogP contribution in [-0.2, 0) is 13.0 Å². The molecule has 2 aromatic carbocycles. The number of amides is 2. The molecule has 138 valence electrons. The van der Waals surface area contributed by atoms with E-state index in [1.165, 1.54) is 15.8 Å². The first-order valence-electron chi connectivity index (χ1n) is 9.38. The summed E-state index contributed by atoms with van der Waals surface area (Å²) in [6.07, 6.45) is 1.93. The van der Waals surface area contributed by atoms with Gasteiger partial charge in [0.1, 0.15) is 0 Å². The Morgan fingerprint density at radius 1 is 1.07 bits per heavy atom. The van der Waals surface area contributed by atoms with E-state index in [1.807, 2.05) is 11.0 Å². The molecule has 5 nitrogen and oxygen atoms in total. The zero-order valence-electron chi connectivity index (χ0n) is 15.0. The molecule has 2 aliphatic rings.